The molecule has 0 aliphatic carbocycles. The smallest absolute Gasteiger partial charge is 0.231 e. The zero-order chi connectivity index (χ0) is 20.7. The summed E-state index contributed by atoms with van der Waals surface area (Å²) < 4.78 is 23.9. The summed E-state index contributed by atoms with van der Waals surface area (Å²) in [6, 6.07) is 13.6. The lowest BCUT2D eigenvalue weighted by Crippen LogP contribution is -1.97. The molecule has 7 nitrogen and oxygen atoms in total. The summed E-state index contributed by atoms with van der Waals surface area (Å²) in [6.07, 6.45) is 0.209. The second kappa shape index (κ2) is 7.28. The predicted molar refractivity (Wildman–Crippen MR) is 112 cm³/mol. The molecule has 0 spiro atoms. The number of thiazole rings is 1. The maximum atomic E-state index is 9.53. The number of fused-ring (bicyclic) bond motifs is 2. The number of imidazole rings is 1. The summed E-state index contributed by atoms with van der Waals surface area (Å²) in [5.41, 5.74) is 4.22. The van der Waals surface area contributed by atoms with Gasteiger partial charge in [-0.2, -0.15) is 5.26 Å². The summed E-state index contributed by atoms with van der Waals surface area (Å²) in [7, 11) is 3.27. The van der Waals surface area contributed by atoms with E-state index in [1.54, 1.807) is 14.2 Å². The summed E-state index contributed by atoms with van der Waals surface area (Å²) in [4.78, 5) is 5.63. The van der Waals surface area contributed by atoms with Crippen LogP contribution in [0.1, 0.15) is 5.69 Å². The van der Waals surface area contributed by atoms with E-state index in [2.05, 4.69) is 6.07 Å². The quantitative estimate of drug-likeness (QED) is 0.473. The Morgan fingerprint density at radius 1 is 1.13 bits per heavy atom. The fourth-order valence-corrected chi connectivity index (χ4v) is 4.54. The van der Waals surface area contributed by atoms with Gasteiger partial charge >= 0.3 is 0 Å². The lowest BCUT2D eigenvalue weighted by molar-refractivity contribution is 0.174. The Morgan fingerprint density at radius 2 is 2.00 bits per heavy atom. The van der Waals surface area contributed by atoms with Crippen LogP contribution >= 0.6 is 11.3 Å². The first-order valence-electron chi connectivity index (χ1n) is 9.21. The van der Waals surface area contributed by atoms with E-state index in [0.29, 0.717) is 11.5 Å². The van der Waals surface area contributed by atoms with Crippen LogP contribution in [0, 0.1) is 11.3 Å². The van der Waals surface area contributed by atoms with Crippen molar-refractivity contribution in [3.63, 3.8) is 0 Å². The van der Waals surface area contributed by atoms with E-state index in [9.17, 15) is 5.26 Å². The second-order valence-electron chi connectivity index (χ2n) is 6.62. The maximum Gasteiger partial charge on any atom is 0.231 e. The Hall–Kier alpha value is -3.70. The topological polar surface area (TPSA) is 78.0 Å². The standard InChI is InChI=1S/C22H17N3O4S/c1-26-14-4-6-18(27-2)15(10-14)17-11-30-22-24-21(16(7-8-23)25(17)22)13-3-5-19-20(9-13)29-12-28-19/h3-6,9-11H,7,12H2,1-2H3. The average Bonchev–Trinajstić information content (AvgIpc) is 3.49. The molecule has 30 heavy (non-hydrogen) atoms. The third-order valence-electron chi connectivity index (χ3n) is 5.03. The van der Waals surface area contributed by atoms with E-state index in [1.165, 1.54) is 11.3 Å². The lowest BCUT2D eigenvalue weighted by Gasteiger charge is -2.11. The summed E-state index contributed by atoms with van der Waals surface area (Å²) in [6.45, 7) is 0.210. The fraction of sp³-hybridized carbons (Fsp3) is 0.182. The van der Waals surface area contributed by atoms with Gasteiger partial charge in [-0.3, -0.25) is 4.40 Å². The highest BCUT2D eigenvalue weighted by atomic mass is 32.1. The minimum absolute atomic E-state index is 0.209. The van der Waals surface area contributed by atoms with Gasteiger partial charge in [0.1, 0.15) is 11.5 Å². The highest BCUT2D eigenvalue weighted by Gasteiger charge is 2.22. The van der Waals surface area contributed by atoms with E-state index in [4.69, 9.17) is 23.9 Å². The minimum atomic E-state index is 0.209. The van der Waals surface area contributed by atoms with Crippen molar-refractivity contribution in [2.75, 3.05) is 21.0 Å². The number of nitriles is 1. The molecule has 150 valence electrons. The van der Waals surface area contributed by atoms with Crippen molar-refractivity contribution >= 4 is 16.3 Å². The molecule has 3 heterocycles. The van der Waals surface area contributed by atoms with Crippen molar-refractivity contribution in [3.8, 4) is 51.6 Å². The van der Waals surface area contributed by atoms with Crippen LogP contribution in [0.2, 0.25) is 0 Å². The van der Waals surface area contributed by atoms with Gasteiger partial charge in [0, 0.05) is 16.5 Å². The van der Waals surface area contributed by atoms with Gasteiger partial charge in [0.25, 0.3) is 0 Å². The number of hydrogen-bond acceptors (Lipinski definition) is 7. The molecule has 0 atom stereocenters. The fourth-order valence-electron chi connectivity index (χ4n) is 3.63. The molecule has 0 fully saturated rings. The number of methoxy groups -OCH3 is 2. The summed E-state index contributed by atoms with van der Waals surface area (Å²) in [5.74, 6) is 2.84. The van der Waals surface area contributed by atoms with Crippen LogP contribution in [-0.4, -0.2) is 30.4 Å². The molecular weight excluding hydrogens is 402 g/mol. The van der Waals surface area contributed by atoms with Crippen molar-refractivity contribution in [1.82, 2.24) is 9.38 Å². The molecule has 4 aromatic rings. The first-order chi connectivity index (χ1) is 14.7. The number of nitrogens with zero attached hydrogens (tertiary/aromatic N) is 3. The Morgan fingerprint density at radius 3 is 2.80 bits per heavy atom. The van der Waals surface area contributed by atoms with Gasteiger partial charge in [0.05, 0.1) is 43.8 Å². The van der Waals surface area contributed by atoms with E-state index in [0.717, 1.165) is 44.7 Å². The Kier molecular flexibility index (Phi) is 4.45. The number of ether oxygens (including phenoxy) is 4. The largest absolute Gasteiger partial charge is 0.497 e. The highest BCUT2D eigenvalue weighted by molar-refractivity contribution is 7.15. The first kappa shape index (κ1) is 18.3. The Balaban J connectivity index is 1.73. The Bertz CT molecular complexity index is 1300. The Labute approximate surface area is 176 Å². The molecule has 0 radical (unpaired) electrons. The van der Waals surface area contributed by atoms with Crippen molar-refractivity contribution in [2.45, 2.75) is 6.42 Å². The molecule has 2 aromatic heterocycles. The maximum absolute atomic E-state index is 9.53. The van der Waals surface area contributed by atoms with Crippen molar-refractivity contribution in [2.24, 2.45) is 0 Å². The molecule has 0 unspecified atom stereocenters. The molecule has 5 rings (SSSR count). The predicted octanol–water partition coefficient (Wildman–Crippen LogP) is 4.54. The molecular formula is C22H17N3O4S. The molecule has 2 aromatic carbocycles. The second-order valence-corrected chi connectivity index (χ2v) is 7.45. The normalized spacial score (nSPS) is 12.2. The van der Waals surface area contributed by atoms with E-state index >= 15 is 0 Å². The summed E-state index contributed by atoms with van der Waals surface area (Å²) in [5, 5.41) is 11.5. The first-order valence-corrected chi connectivity index (χ1v) is 10.1. The van der Waals surface area contributed by atoms with Crippen LogP contribution in [0.25, 0.3) is 27.5 Å². The lowest BCUT2D eigenvalue weighted by atomic mass is 10.1. The van der Waals surface area contributed by atoms with Crippen molar-refractivity contribution in [3.05, 3.63) is 47.5 Å². The molecule has 0 amide bonds. The molecule has 1 aliphatic heterocycles. The van der Waals surface area contributed by atoms with Crippen LogP contribution in [0.15, 0.2) is 41.8 Å². The molecule has 0 saturated heterocycles. The van der Waals surface area contributed by atoms with Crippen LogP contribution in [-0.2, 0) is 6.42 Å². The highest BCUT2D eigenvalue weighted by Crippen LogP contribution is 2.40. The number of aromatic nitrogens is 2. The van der Waals surface area contributed by atoms with Gasteiger partial charge in [0.15, 0.2) is 16.5 Å². The van der Waals surface area contributed by atoms with Gasteiger partial charge < -0.3 is 18.9 Å². The molecule has 0 bridgehead atoms. The van der Waals surface area contributed by atoms with Crippen molar-refractivity contribution in [1.29, 1.82) is 5.26 Å². The van der Waals surface area contributed by atoms with Crippen LogP contribution in [0.4, 0.5) is 0 Å². The number of benzene rings is 2. The number of hydrogen-bond donors (Lipinski definition) is 0. The molecule has 8 heteroatoms. The summed E-state index contributed by atoms with van der Waals surface area (Å²) >= 11 is 1.51. The molecule has 0 N–H and O–H groups in total. The van der Waals surface area contributed by atoms with E-state index in [1.807, 2.05) is 46.2 Å². The molecule has 0 saturated carbocycles. The van der Waals surface area contributed by atoms with Crippen LogP contribution < -0.4 is 18.9 Å². The van der Waals surface area contributed by atoms with Crippen molar-refractivity contribution < 1.29 is 18.9 Å². The van der Waals surface area contributed by atoms with Gasteiger partial charge in [0.2, 0.25) is 6.79 Å². The SMILES string of the molecule is COc1ccc(OC)c(-c2csc3nc(-c4ccc5c(c4)OCO5)c(CC#N)n23)c1. The van der Waals surface area contributed by atoms with E-state index in [-0.39, 0.29) is 13.2 Å². The van der Waals surface area contributed by atoms with Gasteiger partial charge in [-0.05, 0) is 36.4 Å². The van der Waals surface area contributed by atoms with Gasteiger partial charge in [-0.25, -0.2) is 4.98 Å². The third kappa shape index (κ3) is 2.83. The van der Waals surface area contributed by atoms with E-state index < -0.39 is 0 Å². The third-order valence-corrected chi connectivity index (χ3v) is 5.86. The zero-order valence-electron chi connectivity index (χ0n) is 16.3. The zero-order valence-corrected chi connectivity index (χ0v) is 17.2. The average molecular weight is 419 g/mol. The number of rotatable bonds is 5. The van der Waals surface area contributed by atoms with Crippen LogP contribution in [0.5, 0.6) is 23.0 Å². The van der Waals surface area contributed by atoms with Crippen LogP contribution in [0.3, 0.4) is 0 Å². The monoisotopic (exact) mass is 419 g/mol. The van der Waals surface area contributed by atoms with Gasteiger partial charge in [-0.15, -0.1) is 11.3 Å². The van der Waals surface area contributed by atoms with Gasteiger partial charge in [-0.1, -0.05) is 0 Å². The molecule has 1 aliphatic rings. The minimum Gasteiger partial charge on any atom is -0.497 e.